The van der Waals surface area contributed by atoms with Gasteiger partial charge in [0.05, 0.1) is 11.5 Å². The lowest BCUT2D eigenvalue weighted by molar-refractivity contribution is 0.206. The third-order valence-corrected chi connectivity index (χ3v) is 4.47. The van der Waals surface area contributed by atoms with Crippen LogP contribution in [0.4, 0.5) is 0 Å². The molecular weight excluding hydrogens is 240 g/mol. The first-order valence-corrected chi connectivity index (χ1v) is 7.60. The Balaban J connectivity index is 1.78. The van der Waals surface area contributed by atoms with Gasteiger partial charge in [-0.1, -0.05) is 25.5 Å². The van der Waals surface area contributed by atoms with Gasteiger partial charge < -0.3 is 5.32 Å². The molecule has 0 heterocycles. The summed E-state index contributed by atoms with van der Waals surface area (Å²) in [5.74, 6) is 1.11. The Morgan fingerprint density at radius 2 is 2.06 bits per heavy atom. The van der Waals surface area contributed by atoms with E-state index >= 15 is 0 Å². The first-order valence-electron chi connectivity index (χ1n) is 6.62. The Bertz CT molecular complexity index is 415. The summed E-state index contributed by atoms with van der Waals surface area (Å²) < 4.78 is 0. The van der Waals surface area contributed by atoms with Gasteiger partial charge in [-0.15, -0.1) is 11.8 Å². The van der Waals surface area contributed by atoms with Crippen molar-refractivity contribution >= 4 is 11.8 Å². The average molecular weight is 260 g/mol. The van der Waals surface area contributed by atoms with Crippen LogP contribution in [0.5, 0.6) is 0 Å². The van der Waals surface area contributed by atoms with Gasteiger partial charge in [-0.25, -0.2) is 0 Å². The van der Waals surface area contributed by atoms with Gasteiger partial charge in [-0.2, -0.15) is 5.26 Å². The van der Waals surface area contributed by atoms with Crippen molar-refractivity contribution in [3.63, 3.8) is 0 Å². The molecular formula is C15H20N2S. The summed E-state index contributed by atoms with van der Waals surface area (Å²) in [7, 11) is 0. The monoisotopic (exact) mass is 260 g/mol. The number of nitrogens with zero attached hydrogens (tertiary/aromatic N) is 1. The molecule has 2 nitrogen and oxygen atoms in total. The maximum atomic E-state index is 9.14. The minimum atomic E-state index is -0.0714. The first kappa shape index (κ1) is 13.5. The fourth-order valence-corrected chi connectivity index (χ4v) is 2.91. The molecule has 0 bridgehead atoms. The SMILES string of the molecule is CCSc1ccc(CNCC2(C#N)CCC2)cc1. The Labute approximate surface area is 114 Å². The molecule has 1 N–H and O–H groups in total. The summed E-state index contributed by atoms with van der Waals surface area (Å²) in [5.41, 5.74) is 1.22. The van der Waals surface area contributed by atoms with E-state index in [2.05, 4.69) is 42.6 Å². The van der Waals surface area contributed by atoms with Gasteiger partial charge in [-0.3, -0.25) is 0 Å². The van der Waals surface area contributed by atoms with Crippen molar-refractivity contribution in [3.05, 3.63) is 29.8 Å². The van der Waals surface area contributed by atoms with Crippen LogP contribution in [-0.2, 0) is 6.54 Å². The predicted molar refractivity (Wildman–Crippen MR) is 76.4 cm³/mol. The lowest BCUT2D eigenvalue weighted by Crippen LogP contribution is -2.38. The van der Waals surface area contributed by atoms with E-state index in [-0.39, 0.29) is 5.41 Å². The van der Waals surface area contributed by atoms with Crippen LogP contribution < -0.4 is 5.32 Å². The average Bonchev–Trinajstić information content (AvgIpc) is 2.35. The van der Waals surface area contributed by atoms with Crippen LogP contribution in [0.15, 0.2) is 29.2 Å². The standard InChI is InChI=1S/C15H20N2S/c1-2-18-14-6-4-13(5-7-14)10-17-12-15(11-16)8-3-9-15/h4-7,17H,2-3,8-10,12H2,1H3. The molecule has 1 aromatic rings. The number of hydrogen-bond donors (Lipinski definition) is 1. The summed E-state index contributed by atoms with van der Waals surface area (Å²) in [5, 5.41) is 12.6. The lowest BCUT2D eigenvalue weighted by atomic mass is 9.70. The molecule has 1 fully saturated rings. The number of benzene rings is 1. The van der Waals surface area contributed by atoms with Crippen LogP contribution in [0.2, 0.25) is 0 Å². The number of nitriles is 1. The highest BCUT2D eigenvalue weighted by atomic mass is 32.2. The van der Waals surface area contributed by atoms with Gasteiger partial charge >= 0.3 is 0 Å². The number of hydrogen-bond acceptors (Lipinski definition) is 3. The predicted octanol–water partition coefficient (Wildman–Crippen LogP) is 3.58. The molecule has 0 aromatic heterocycles. The van der Waals surface area contributed by atoms with E-state index in [9.17, 15) is 0 Å². The maximum absolute atomic E-state index is 9.14. The molecule has 1 saturated carbocycles. The second kappa shape index (κ2) is 6.26. The van der Waals surface area contributed by atoms with Crippen LogP contribution in [0.25, 0.3) is 0 Å². The summed E-state index contributed by atoms with van der Waals surface area (Å²) in [6.07, 6.45) is 3.32. The zero-order chi connectivity index (χ0) is 12.8. The summed E-state index contributed by atoms with van der Waals surface area (Å²) in [4.78, 5) is 1.33. The van der Waals surface area contributed by atoms with Crippen molar-refractivity contribution < 1.29 is 0 Å². The molecule has 0 spiro atoms. The smallest absolute Gasteiger partial charge is 0.0703 e. The van der Waals surface area contributed by atoms with Crippen molar-refractivity contribution in [2.45, 2.75) is 37.6 Å². The zero-order valence-corrected chi connectivity index (χ0v) is 11.7. The van der Waals surface area contributed by atoms with E-state index < -0.39 is 0 Å². The van der Waals surface area contributed by atoms with Crippen molar-refractivity contribution in [2.75, 3.05) is 12.3 Å². The fraction of sp³-hybridized carbons (Fsp3) is 0.533. The van der Waals surface area contributed by atoms with Gasteiger partial charge in [0.25, 0.3) is 0 Å². The zero-order valence-electron chi connectivity index (χ0n) is 10.9. The van der Waals surface area contributed by atoms with E-state index in [1.165, 1.54) is 16.9 Å². The minimum absolute atomic E-state index is 0.0714. The van der Waals surface area contributed by atoms with Gasteiger partial charge in [0.2, 0.25) is 0 Å². The largest absolute Gasteiger partial charge is 0.311 e. The first-order chi connectivity index (χ1) is 8.78. The lowest BCUT2D eigenvalue weighted by Gasteiger charge is -2.35. The quantitative estimate of drug-likeness (QED) is 0.794. The minimum Gasteiger partial charge on any atom is -0.311 e. The second-order valence-corrected chi connectivity index (χ2v) is 6.26. The summed E-state index contributed by atoms with van der Waals surface area (Å²) >= 11 is 1.86. The molecule has 96 valence electrons. The third-order valence-electron chi connectivity index (χ3n) is 3.57. The van der Waals surface area contributed by atoms with Gasteiger partial charge in [0.15, 0.2) is 0 Å². The third kappa shape index (κ3) is 3.28. The molecule has 0 unspecified atom stereocenters. The second-order valence-electron chi connectivity index (χ2n) is 4.93. The van der Waals surface area contributed by atoms with Crippen molar-refractivity contribution in [2.24, 2.45) is 5.41 Å². The summed E-state index contributed by atoms with van der Waals surface area (Å²) in [6, 6.07) is 11.2. The fourth-order valence-electron chi connectivity index (χ4n) is 2.25. The van der Waals surface area contributed by atoms with E-state index in [4.69, 9.17) is 5.26 Å². The van der Waals surface area contributed by atoms with Gasteiger partial charge in [-0.05, 0) is 36.3 Å². The van der Waals surface area contributed by atoms with Crippen LogP contribution in [-0.4, -0.2) is 12.3 Å². The topological polar surface area (TPSA) is 35.8 Å². The molecule has 0 radical (unpaired) electrons. The molecule has 18 heavy (non-hydrogen) atoms. The van der Waals surface area contributed by atoms with Crippen molar-refractivity contribution in [1.82, 2.24) is 5.32 Å². The number of rotatable bonds is 6. The van der Waals surface area contributed by atoms with E-state index in [0.717, 1.165) is 31.7 Å². The Morgan fingerprint density at radius 3 is 2.56 bits per heavy atom. The number of thioether (sulfide) groups is 1. The molecule has 1 aliphatic rings. The van der Waals surface area contributed by atoms with Crippen LogP contribution >= 0.6 is 11.8 Å². The van der Waals surface area contributed by atoms with Crippen LogP contribution in [0.1, 0.15) is 31.7 Å². The molecule has 0 aliphatic heterocycles. The molecule has 1 aromatic carbocycles. The van der Waals surface area contributed by atoms with Gasteiger partial charge in [0, 0.05) is 18.0 Å². The Hall–Kier alpha value is -0.980. The van der Waals surface area contributed by atoms with Crippen LogP contribution in [0, 0.1) is 16.7 Å². The normalized spacial score (nSPS) is 16.9. The van der Waals surface area contributed by atoms with Gasteiger partial charge in [0.1, 0.15) is 0 Å². The Morgan fingerprint density at radius 1 is 1.33 bits per heavy atom. The van der Waals surface area contributed by atoms with Crippen molar-refractivity contribution in [1.29, 1.82) is 5.26 Å². The highest BCUT2D eigenvalue weighted by Crippen LogP contribution is 2.39. The molecule has 1 aliphatic carbocycles. The van der Waals surface area contributed by atoms with Crippen LogP contribution in [0.3, 0.4) is 0 Å². The van der Waals surface area contributed by atoms with E-state index in [0.29, 0.717) is 0 Å². The maximum Gasteiger partial charge on any atom is 0.0703 e. The Kier molecular flexibility index (Phi) is 4.68. The molecule has 2 rings (SSSR count). The van der Waals surface area contributed by atoms with E-state index in [1.54, 1.807) is 0 Å². The summed E-state index contributed by atoms with van der Waals surface area (Å²) in [6.45, 7) is 3.86. The molecule has 3 heteroatoms. The van der Waals surface area contributed by atoms with E-state index in [1.807, 2.05) is 11.8 Å². The molecule has 0 saturated heterocycles. The highest BCUT2D eigenvalue weighted by molar-refractivity contribution is 7.99. The van der Waals surface area contributed by atoms with Crippen molar-refractivity contribution in [3.8, 4) is 6.07 Å². The molecule has 0 atom stereocenters. The highest BCUT2D eigenvalue weighted by Gasteiger charge is 2.36. The molecule has 0 amide bonds. The number of nitrogens with one attached hydrogen (secondary N) is 1.